The number of anilines is 2. The monoisotopic (exact) mass is 279 g/mol. The molecule has 20 heavy (non-hydrogen) atoms. The summed E-state index contributed by atoms with van der Waals surface area (Å²) < 4.78 is 5.12. The maximum absolute atomic E-state index is 12.0. The third kappa shape index (κ3) is 4.24. The molecule has 0 saturated heterocycles. The van der Waals surface area contributed by atoms with Gasteiger partial charge in [-0.3, -0.25) is 9.59 Å². The summed E-state index contributed by atoms with van der Waals surface area (Å²) in [5.41, 5.74) is 6.71. The number of methoxy groups -OCH3 is 1. The van der Waals surface area contributed by atoms with Crippen LogP contribution in [0.2, 0.25) is 0 Å². The van der Waals surface area contributed by atoms with Crippen molar-refractivity contribution < 1.29 is 14.3 Å². The van der Waals surface area contributed by atoms with E-state index in [1.807, 2.05) is 0 Å². The summed E-state index contributed by atoms with van der Waals surface area (Å²) in [5.74, 6) is -0.181. The van der Waals surface area contributed by atoms with Crippen LogP contribution in [0.5, 0.6) is 5.75 Å². The number of amides is 2. The fraction of sp³-hybridized carbons (Fsp3) is 0.429. The Balaban J connectivity index is 3.01. The summed E-state index contributed by atoms with van der Waals surface area (Å²) in [7, 11) is 1.53. The van der Waals surface area contributed by atoms with Gasteiger partial charge in [0.15, 0.2) is 0 Å². The van der Waals surface area contributed by atoms with E-state index < -0.39 is 0 Å². The van der Waals surface area contributed by atoms with Gasteiger partial charge in [0.25, 0.3) is 0 Å². The second-order valence-corrected chi connectivity index (χ2v) is 4.73. The second kappa shape index (κ2) is 6.91. The van der Waals surface area contributed by atoms with Crippen molar-refractivity contribution in [1.82, 2.24) is 0 Å². The van der Waals surface area contributed by atoms with Crippen molar-refractivity contribution in [3.8, 4) is 5.75 Å². The standard InChI is InChI=1S/C14H21N3O3/c1-8(9(2)15)14(19)17-13-7-11(20-4)5-6-12(13)16-10(3)18/h5-9H,15H2,1-4H3,(H,16,18)(H,17,19). The molecule has 2 atom stereocenters. The molecule has 6 heteroatoms. The van der Waals surface area contributed by atoms with Crippen molar-refractivity contribution >= 4 is 23.2 Å². The molecule has 0 aliphatic heterocycles. The van der Waals surface area contributed by atoms with Crippen LogP contribution in [0.3, 0.4) is 0 Å². The van der Waals surface area contributed by atoms with Crippen LogP contribution in [0.1, 0.15) is 20.8 Å². The number of carbonyl (C=O) groups excluding carboxylic acids is 2. The van der Waals surface area contributed by atoms with Gasteiger partial charge in [-0.2, -0.15) is 0 Å². The predicted octanol–water partition coefficient (Wildman–Crippen LogP) is 1.58. The lowest BCUT2D eigenvalue weighted by Gasteiger charge is -2.18. The molecule has 1 aromatic rings. The van der Waals surface area contributed by atoms with Crippen LogP contribution in [0.4, 0.5) is 11.4 Å². The lowest BCUT2D eigenvalue weighted by molar-refractivity contribution is -0.120. The number of hydrogen-bond donors (Lipinski definition) is 3. The van der Waals surface area contributed by atoms with Crippen LogP contribution in [-0.2, 0) is 9.59 Å². The number of rotatable bonds is 5. The Morgan fingerprint density at radius 2 is 1.85 bits per heavy atom. The van der Waals surface area contributed by atoms with E-state index in [0.717, 1.165) is 0 Å². The molecule has 110 valence electrons. The normalized spacial score (nSPS) is 13.2. The van der Waals surface area contributed by atoms with E-state index in [-0.39, 0.29) is 23.8 Å². The van der Waals surface area contributed by atoms with Crippen molar-refractivity contribution in [1.29, 1.82) is 0 Å². The molecule has 0 aromatic heterocycles. The Bertz CT molecular complexity index is 500. The zero-order valence-electron chi connectivity index (χ0n) is 12.2. The molecule has 0 aliphatic rings. The molecule has 0 bridgehead atoms. The van der Waals surface area contributed by atoms with Gasteiger partial charge in [0.2, 0.25) is 11.8 Å². The predicted molar refractivity (Wildman–Crippen MR) is 78.7 cm³/mol. The Morgan fingerprint density at radius 3 is 2.35 bits per heavy atom. The highest BCUT2D eigenvalue weighted by Gasteiger charge is 2.18. The van der Waals surface area contributed by atoms with Gasteiger partial charge in [0.1, 0.15) is 5.75 Å². The van der Waals surface area contributed by atoms with E-state index in [9.17, 15) is 9.59 Å². The van der Waals surface area contributed by atoms with Crippen LogP contribution in [0, 0.1) is 5.92 Å². The van der Waals surface area contributed by atoms with E-state index in [4.69, 9.17) is 10.5 Å². The molecule has 6 nitrogen and oxygen atoms in total. The first-order valence-electron chi connectivity index (χ1n) is 6.37. The minimum atomic E-state index is -0.341. The van der Waals surface area contributed by atoms with Crippen LogP contribution >= 0.6 is 0 Å². The maximum Gasteiger partial charge on any atom is 0.228 e. The fourth-order valence-corrected chi connectivity index (χ4v) is 1.54. The van der Waals surface area contributed by atoms with Gasteiger partial charge < -0.3 is 21.1 Å². The van der Waals surface area contributed by atoms with E-state index in [0.29, 0.717) is 17.1 Å². The van der Waals surface area contributed by atoms with Gasteiger partial charge in [-0.05, 0) is 19.1 Å². The lowest BCUT2D eigenvalue weighted by atomic mass is 10.0. The molecule has 2 amide bonds. The number of nitrogens with one attached hydrogen (secondary N) is 2. The molecule has 0 spiro atoms. The average molecular weight is 279 g/mol. The number of ether oxygens (including phenoxy) is 1. The molecular formula is C14H21N3O3. The van der Waals surface area contributed by atoms with Crippen molar-refractivity contribution in [3.05, 3.63) is 18.2 Å². The number of benzene rings is 1. The lowest BCUT2D eigenvalue weighted by Crippen LogP contribution is -2.34. The first kappa shape index (κ1) is 16.0. The highest BCUT2D eigenvalue weighted by Crippen LogP contribution is 2.27. The highest BCUT2D eigenvalue weighted by molar-refractivity contribution is 6.00. The van der Waals surface area contributed by atoms with Crippen LogP contribution < -0.4 is 21.1 Å². The zero-order valence-corrected chi connectivity index (χ0v) is 12.2. The summed E-state index contributed by atoms with van der Waals surface area (Å²) in [5, 5.41) is 5.42. The van der Waals surface area contributed by atoms with E-state index in [2.05, 4.69) is 10.6 Å². The molecule has 4 N–H and O–H groups in total. The Labute approximate surface area is 118 Å². The van der Waals surface area contributed by atoms with E-state index >= 15 is 0 Å². The topological polar surface area (TPSA) is 93.5 Å². The molecular weight excluding hydrogens is 258 g/mol. The molecule has 0 heterocycles. The SMILES string of the molecule is COc1ccc(NC(C)=O)c(NC(=O)C(C)C(C)N)c1. The minimum absolute atomic E-state index is 0.208. The van der Waals surface area contributed by atoms with Gasteiger partial charge in [0, 0.05) is 19.0 Å². The zero-order chi connectivity index (χ0) is 15.3. The largest absolute Gasteiger partial charge is 0.497 e. The third-order valence-electron chi connectivity index (χ3n) is 3.00. The summed E-state index contributed by atoms with van der Waals surface area (Å²) in [4.78, 5) is 23.2. The summed E-state index contributed by atoms with van der Waals surface area (Å²) in [6.07, 6.45) is 0. The number of carbonyl (C=O) groups is 2. The molecule has 1 aromatic carbocycles. The summed E-state index contributed by atoms with van der Waals surface area (Å²) in [6.45, 7) is 4.92. The van der Waals surface area contributed by atoms with Crippen molar-refractivity contribution in [2.45, 2.75) is 26.8 Å². The van der Waals surface area contributed by atoms with Crippen LogP contribution in [-0.4, -0.2) is 25.0 Å². The van der Waals surface area contributed by atoms with E-state index in [1.165, 1.54) is 14.0 Å². The van der Waals surface area contributed by atoms with Gasteiger partial charge in [-0.1, -0.05) is 6.92 Å². The molecule has 0 saturated carbocycles. The first-order valence-corrected chi connectivity index (χ1v) is 6.37. The minimum Gasteiger partial charge on any atom is -0.497 e. The van der Waals surface area contributed by atoms with Crippen LogP contribution in [0.25, 0.3) is 0 Å². The molecule has 0 aliphatic carbocycles. The molecule has 2 unspecified atom stereocenters. The Kier molecular flexibility index (Phi) is 5.52. The average Bonchev–Trinajstić information content (AvgIpc) is 2.38. The first-order chi connectivity index (χ1) is 9.35. The van der Waals surface area contributed by atoms with Gasteiger partial charge in [-0.15, -0.1) is 0 Å². The molecule has 1 rings (SSSR count). The third-order valence-corrected chi connectivity index (χ3v) is 3.00. The van der Waals surface area contributed by atoms with Gasteiger partial charge in [0.05, 0.1) is 24.4 Å². The molecule has 0 radical (unpaired) electrons. The van der Waals surface area contributed by atoms with Crippen molar-refractivity contribution in [3.63, 3.8) is 0 Å². The van der Waals surface area contributed by atoms with Crippen molar-refractivity contribution in [2.75, 3.05) is 17.7 Å². The number of hydrogen-bond acceptors (Lipinski definition) is 4. The van der Waals surface area contributed by atoms with E-state index in [1.54, 1.807) is 32.0 Å². The smallest absolute Gasteiger partial charge is 0.228 e. The maximum atomic E-state index is 12.0. The Morgan fingerprint density at radius 1 is 1.20 bits per heavy atom. The van der Waals surface area contributed by atoms with Gasteiger partial charge >= 0.3 is 0 Å². The Hall–Kier alpha value is -2.08. The summed E-state index contributed by atoms with van der Waals surface area (Å²) in [6, 6.07) is 4.77. The highest BCUT2D eigenvalue weighted by atomic mass is 16.5. The molecule has 0 fully saturated rings. The second-order valence-electron chi connectivity index (χ2n) is 4.73. The number of nitrogens with two attached hydrogens (primary N) is 1. The summed E-state index contributed by atoms with van der Waals surface area (Å²) >= 11 is 0. The quantitative estimate of drug-likeness (QED) is 0.762. The van der Waals surface area contributed by atoms with Crippen LogP contribution in [0.15, 0.2) is 18.2 Å². The fourth-order valence-electron chi connectivity index (χ4n) is 1.54. The van der Waals surface area contributed by atoms with Gasteiger partial charge in [-0.25, -0.2) is 0 Å². The van der Waals surface area contributed by atoms with Crippen molar-refractivity contribution in [2.24, 2.45) is 11.7 Å².